The molecule has 0 aliphatic carbocycles. The smallest absolute Gasteiger partial charge is 0.330 e. The first-order valence-corrected chi connectivity index (χ1v) is 5.05. The second-order valence-corrected chi connectivity index (χ2v) is 3.85. The molecule has 3 atom stereocenters. The number of aliphatic hydroxyl groups excluding tert-OH is 1. The number of H-pyrrole nitrogens is 1. The Morgan fingerprint density at radius 1 is 1.65 bits per heavy atom. The molecule has 94 valence electrons. The molecule has 0 amide bonds. The number of nitrogens with zero attached hydrogens (tertiary/aromatic N) is 1. The molecule has 1 aromatic rings. The molecule has 1 fully saturated rings. The van der Waals surface area contributed by atoms with Crippen LogP contribution in [-0.4, -0.2) is 33.4 Å². The highest BCUT2D eigenvalue weighted by molar-refractivity contribution is 4.91. The summed E-state index contributed by atoms with van der Waals surface area (Å²) in [6.07, 6.45) is -0.336. The summed E-state index contributed by atoms with van der Waals surface area (Å²) in [6.45, 7) is -0.280. The van der Waals surface area contributed by atoms with Crippen LogP contribution in [0.3, 0.4) is 0 Å². The Morgan fingerprint density at radius 2 is 2.35 bits per heavy atom. The van der Waals surface area contributed by atoms with Crippen molar-refractivity contribution in [2.75, 3.05) is 6.61 Å². The number of hydrogen-bond donors (Lipinski definition) is 3. The third-order valence-corrected chi connectivity index (χ3v) is 2.70. The lowest BCUT2D eigenvalue weighted by atomic mass is 10.1. The van der Waals surface area contributed by atoms with Crippen LogP contribution in [0.5, 0.6) is 0 Å². The van der Waals surface area contributed by atoms with Crippen LogP contribution in [-0.2, 0) is 4.74 Å². The number of hydrogen-bond acceptors (Lipinski definition) is 5. The van der Waals surface area contributed by atoms with Crippen molar-refractivity contribution < 1.29 is 14.2 Å². The van der Waals surface area contributed by atoms with Crippen LogP contribution < -0.4 is 17.0 Å². The lowest BCUT2D eigenvalue weighted by Gasteiger charge is -2.14. The zero-order valence-corrected chi connectivity index (χ0v) is 8.80. The number of ether oxygens (including phenoxy) is 1. The number of nitrogens with two attached hydrogens (primary N) is 1. The molecule has 8 heteroatoms. The van der Waals surface area contributed by atoms with E-state index in [1.165, 1.54) is 0 Å². The minimum atomic E-state index is -1.08. The molecule has 1 aliphatic rings. The average molecular weight is 245 g/mol. The number of aromatic nitrogens is 2. The average Bonchev–Trinajstić information content (AvgIpc) is 2.65. The SMILES string of the molecule is NC1CC(n2cc(F)c(=O)[nH]c2=O)OC1CO. The predicted octanol–water partition coefficient (Wildman–Crippen LogP) is -1.72. The topological polar surface area (TPSA) is 110 Å². The first kappa shape index (κ1) is 12.0. The largest absolute Gasteiger partial charge is 0.394 e. The quantitative estimate of drug-likeness (QED) is 0.574. The van der Waals surface area contributed by atoms with Crippen molar-refractivity contribution in [3.8, 4) is 0 Å². The van der Waals surface area contributed by atoms with Gasteiger partial charge >= 0.3 is 5.69 Å². The van der Waals surface area contributed by atoms with Crippen molar-refractivity contribution >= 4 is 0 Å². The molecular formula is C9H12FN3O4. The monoisotopic (exact) mass is 245 g/mol. The van der Waals surface area contributed by atoms with Gasteiger partial charge in [0, 0.05) is 12.5 Å². The van der Waals surface area contributed by atoms with Crippen molar-refractivity contribution in [3.63, 3.8) is 0 Å². The van der Waals surface area contributed by atoms with Gasteiger partial charge in [-0.2, -0.15) is 4.39 Å². The van der Waals surface area contributed by atoms with Crippen LogP contribution in [0.25, 0.3) is 0 Å². The maximum absolute atomic E-state index is 13.0. The van der Waals surface area contributed by atoms with Gasteiger partial charge in [-0.15, -0.1) is 0 Å². The van der Waals surface area contributed by atoms with Gasteiger partial charge in [-0.25, -0.2) is 4.79 Å². The summed E-state index contributed by atoms with van der Waals surface area (Å²) in [4.78, 5) is 24.1. The highest BCUT2D eigenvalue weighted by Gasteiger charge is 2.33. The van der Waals surface area contributed by atoms with Gasteiger partial charge < -0.3 is 15.6 Å². The van der Waals surface area contributed by atoms with E-state index in [0.717, 1.165) is 10.8 Å². The molecule has 0 aromatic carbocycles. The van der Waals surface area contributed by atoms with Crippen molar-refractivity contribution in [1.82, 2.24) is 9.55 Å². The number of aromatic amines is 1. The van der Waals surface area contributed by atoms with E-state index in [1.54, 1.807) is 0 Å². The van der Waals surface area contributed by atoms with Crippen molar-refractivity contribution in [2.45, 2.75) is 24.8 Å². The van der Waals surface area contributed by atoms with Crippen molar-refractivity contribution in [1.29, 1.82) is 0 Å². The molecular weight excluding hydrogens is 233 g/mol. The molecule has 2 rings (SSSR count). The highest BCUT2D eigenvalue weighted by Crippen LogP contribution is 2.25. The standard InChI is InChI=1S/C9H12FN3O4/c10-4-2-13(9(16)12-8(4)15)7-1-5(11)6(3-14)17-7/h2,5-7,14H,1,3,11H2,(H,12,15,16). The van der Waals surface area contributed by atoms with Crippen LogP contribution in [0.15, 0.2) is 15.8 Å². The third-order valence-electron chi connectivity index (χ3n) is 2.70. The minimum Gasteiger partial charge on any atom is -0.394 e. The molecule has 17 heavy (non-hydrogen) atoms. The van der Waals surface area contributed by atoms with Gasteiger partial charge in [0.1, 0.15) is 6.23 Å². The summed E-state index contributed by atoms with van der Waals surface area (Å²) in [5.41, 5.74) is 3.82. The Bertz CT molecular complexity index is 526. The van der Waals surface area contributed by atoms with Gasteiger partial charge in [0.15, 0.2) is 0 Å². The zero-order chi connectivity index (χ0) is 12.6. The van der Waals surface area contributed by atoms with E-state index >= 15 is 0 Å². The van der Waals surface area contributed by atoms with Crippen LogP contribution in [0, 0.1) is 5.82 Å². The Balaban J connectivity index is 2.34. The molecule has 0 spiro atoms. The molecule has 0 saturated carbocycles. The van der Waals surface area contributed by atoms with Gasteiger partial charge in [-0.1, -0.05) is 0 Å². The predicted molar refractivity (Wildman–Crippen MR) is 54.9 cm³/mol. The molecule has 2 heterocycles. The molecule has 1 aliphatic heterocycles. The van der Waals surface area contributed by atoms with Crippen LogP contribution in [0.1, 0.15) is 12.6 Å². The normalized spacial score (nSPS) is 28.5. The lowest BCUT2D eigenvalue weighted by molar-refractivity contribution is -0.0275. The van der Waals surface area contributed by atoms with E-state index in [2.05, 4.69) is 0 Å². The maximum Gasteiger partial charge on any atom is 0.330 e. The van der Waals surface area contributed by atoms with Crippen molar-refractivity contribution in [3.05, 3.63) is 32.9 Å². The fourth-order valence-corrected chi connectivity index (χ4v) is 1.78. The number of aliphatic hydroxyl groups is 1. The molecule has 1 aromatic heterocycles. The summed E-state index contributed by atoms with van der Waals surface area (Å²) in [6, 6.07) is -0.438. The fraction of sp³-hybridized carbons (Fsp3) is 0.556. The van der Waals surface area contributed by atoms with Gasteiger partial charge in [0.2, 0.25) is 5.82 Å². The van der Waals surface area contributed by atoms with Gasteiger partial charge in [0.05, 0.1) is 18.9 Å². The Morgan fingerprint density at radius 3 is 2.94 bits per heavy atom. The van der Waals surface area contributed by atoms with E-state index in [1.807, 2.05) is 4.98 Å². The molecule has 4 N–H and O–H groups in total. The molecule has 0 bridgehead atoms. The lowest BCUT2D eigenvalue weighted by Crippen LogP contribution is -2.34. The summed E-state index contributed by atoms with van der Waals surface area (Å²) >= 11 is 0. The molecule has 0 radical (unpaired) electrons. The minimum absolute atomic E-state index is 0.261. The maximum atomic E-state index is 13.0. The molecule has 1 saturated heterocycles. The van der Waals surface area contributed by atoms with Crippen molar-refractivity contribution in [2.24, 2.45) is 5.73 Å². The van der Waals surface area contributed by atoms with E-state index in [0.29, 0.717) is 0 Å². The van der Waals surface area contributed by atoms with Crippen LogP contribution in [0.4, 0.5) is 4.39 Å². The summed E-state index contributed by atoms with van der Waals surface area (Å²) in [5.74, 6) is -1.07. The first-order valence-electron chi connectivity index (χ1n) is 5.05. The number of rotatable bonds is 2. The van der Waals surface area contributed by atoms with E-state index in [9.17, 15) is 14.0 Å². The van der Waals surface area contributed by atoms with Gasteiger partial charge in [-0.3, -0.25) is 14.3 Å². The van der Waals surface area contributed by atoms with E-state index in [4.69, 9.17) is 15.6 Å². The Labute approximate surface area is 94.6 Å². The number of nitrogens with one attached hydrogen (secondary N) is 1. The first-order chi connectivity index (χ1) is 8.02. The molecule has 7 nitrogen and oxygen atoms in total. The van der Waals surface area contributed by atoms with E-state index < -0.39 is 35.4 Å². The van der Waals surface area contributed by atoms with Crippen LogP contribution >= 0.6 is 0 Å². The highest BCUT2D eigenvalue weighted by atomic mass is 19.1. The Hall–Kier alpha value is -1.51. The zero-order valence-electron chi connectivity index (χ0n) is 8.80. The summed E-state index contributed by atoms with van der Waals surface area (Å²) in [7, 11) is 0. The second-order valence-electron chi connectivity index (χ2n) is 3.85. The summed E-state index contributed by atoms with van der Waals surface area (Å²) in [5, 5.41) is 8.94. The van der Waals surface area contributed by atoms with Gasteiger partial charge in [0.25, 0.3) is 5.56 Å². The number of halogens is 1. The molecule has 3 unspecified atom stereocenters. The van der Waals surface area contributed by atoms with Crippen LogP contribution in [0.2, 0.25) is 0 Å². The summed E-state index contributed by atoms with van der Waals surface area (Å²) < 4.78 is 19.3. The Kier molecular flexibility index (Phi) is 3.09. The van der Waals surface area contributed by atoms with Gasteiger partial charge in [-0.05, 0) is 0 Å². The fourth-order valence-electron chi connectivity index (χ4n) is 1.78. The third kappa shape index (κ3) is 2.14. The second kappa shape index (κ2) is 4.40. The van der Waals surface area contributed by atoms with E-state index in [-0.39, 0.29) is 13.0 Å².